The molecule has 1 atom stereocenters. The van der Waals surface area contributed by atoms with Crippen LogP contribution in [-0.2, 0) is 13.5 Å². The lowest BCUT2D eigenvalue weighted by Gasteiger charge is -2.16. The van der Waals surface area contributed by atoms with Crippen molar-refractivity contribution >= 4 is 11.6 Å². The van der Waals surface area contributed by atoms with Crippen LogP contribution in [-0.4, -0.2) is 14.8 Å². The first-order valence-electron chi connectivity index (χ1n) is 5.35. The van der Waals surface area contributed by atoms with Gasteiger partial charge in [-0.25, -0.2) is 9.37 Å². The molecule has 1 heterocycles. The summed E-state index contributed by atoms with van der Waals surface area (Å²) in [5.74, 6) is 5.84. The summed E-state index contributed by atoms with van der Waals surface area (Å²) in [7, 11) is 1.80. The molecular weight excluding hydrogens is 257 g/mol. The molecule has 0 bridgehead atoms. The number of hydrogen-bond donors (Lipinski definition) is 2. The quantitative estimate of drug-likeness (QED) is 0.649. The average Bonchev–Trinajstić information content (AvgIpc) is 2.75. The maximum absolute atomic E-state index is 13.1. The van der Waals surface area contributed by atoms with Gasteiger partial charge in [-0.2, -0.15) is 5.10 Å². The van der Waals surface area contributed by atoms with Crippen LogP contribution in [0.2, 0.25) is 5.02 Å². The third-order valence-electron chi connectivity index (χ3n) is 2.74. The van der Waals surface area contributed by atoms with Crippen molar-refractivity contribution in [3.05, 3.63) is 46.8 Å². The summed E-state index contributed by atoms with van der Waals surface area (Å²) in [4.78, 5) is 4.12. The summed E-state index contributed by atoms with van der Waals surface area (Å²) in [5, 5.41) is 4.05. The number of nitrogens with two attached hydrogens (primary N) is 1. The Morgan fingerprint density at radius 1 is 1.56 bits per heavy atom. The topological polar surface area (TPSA) is 68.8 Å². The molecule has 0 radical (unpaired) electrons. The van der Waals surface area contributed by atoms with Gasteiger partial charge in [0.1, 0.15) is 18.0 Å². The number of hydrazine groups is 1. The minimum Gasteiger partial charge on any atom is -0.271 e. The Labute approximate surface area is 109 Å². The Bertz CT molecular complexity index is 542. The molecule has 0 aliphatic rings. The first-order chi connectivity index (χ1) is 8.61. The summed E-state index contributed by atoms with van der Waals surface area (Å²) in [6, 6.07) is 4.31. The maximum Gasteiger partial charge on any atom is 0.141 e. The molecule has 0 fully saturated rings. The molecule has 1 aromatic heterocycles. The molecular formula is C11H13ClFN5. The second-order valence-electron chi connectivity index (χ2n) is 3.90. The summed E-state index contributed by atoms with van der Waals surface area (Å²) >= 11 is 5.75. The standard InChI is InChI=1S/C11H13ClFN5/c1-18-11(15-6-16-18)5-10(17-14)7-2-3-9(13)8(12)4-7/h2-4,6,10,17H,5,14H2,1H3. The molecule has 1 unspecified atom stereocenters. The van der Waals surface area contributed by atoms with Crippen molar-refractivity contribution < 1.29 is 4.39 Å². The number of nitrogens with one attached hydrogen (secondary N) is 1. The summed E-state index contributed by atoms with van der Waals surface area (Å²) in [6.45, 7) is 0. The van der Waals surface area contributed by atoms with Crippen molar-refractivity contribution in [2.45, 2.75) is 12.5 Å². The highest BCUT2D eigenvalue weighted by Gasteiger charge is 2.15. The van der Waals surface area contributed by atoms with Crippen LogP contribution in [0.5, 0.6) is 0 Å². The van der Waals surface area contributed by atoms with E-state index in [0.29, 0.717) is 6.42 Å². The smallest absolute Gasteiger partial charge is 0.141 e. The van der Waals surface area contributed by atoms with Gasteiger partial charge in [-0.15, -0.1) is 0 Å². The Balaban J connectivity index is 2.23. The first-order valence-corrected chi connectivity index (χ1v) is 5.73. The number of hydrogen-bond acceptors (Lipinski definition) is 4. The second kappa shape index (κ2) is 5.43. The van der Waals surface area contributed by atoms with Gasteiger partial charge >= 0.3 is 0 Å². The lowest BCUT2D eigenvalue weighted by atomic mass is 10.0. The Hall–Kier alpha value is -1.50. The molecule has 5 nitrogen and oxygen atoms in total. The Kier molecular flexibility index (Phi) is 3.90. The molecule has 2 aromatic rings. The number of aromatic nitrogens is 3. The van der Waals surface area contributed by atoms with Gasteiger partial charge in [0.15, 0.2) is 0 Å². The maximum atomic E-state index is 13.1. The van der Waals surface area contributed by atoms with E-state index in [1.54, 1.807) is 23.9 Å². The summed E-state index contributed by atoms with van der Waals surface area (Å²) < 4.78 is 14.8. The predicted molar refractivity (Wildman–Crippen MR) is 66.2 cm³/mol. The fraction of sp³-hybridized carbons (Fsp3) is 0.273. The van der Waals surface area contributed by atoms with E-state index in [1.165, 1.54) is 12.4 Å². The Morgan fingerprint density at radius 3 is 2.89 bits per heavy atom. The third kappa shape index (κ3) is 2.66. The molecule has 0 saturated heterocycles. The van der Waals surface area contributed by atoms with Crippen LogP contribution in [0, 0.1) is 5.82 Å². The molecule has 96 valence electrons. The van der Waals surface area contributed by atoms with E-state index in [2.05, 4.69) is 15.5 Å². The van der Waals surface area contributed by atoms with Gasteiger partial charge in [0.2, 0.25) is 0 Å². The molecule has 2 rings (SSSR count). The van der Waals surface area contributed by atoms with Crippen molar-refractivity contribution in [1.29, 1.82) is 0 Å². The highest BCUT2D eigenvalue weighted by Crippen LogP contribution is 2.22. The fourth-order valence-corrected chi connectivity index (χ4v) is 1.88. The summed E-state index contributed by atoms with van der Waals surface area (Å²) in [5.41, 5.74) is 3.47. The van der Waals surface area contributed by atoms with Gasteiger partial charge in [-0.1, -0.05) is 17.7 Å². The molecule has 1 aromatic carbocycles. The second-order valence-corrected chi connectivity index (χ2v) is 4.30. The van der Waals surface area contributed by atoms with Crippen molar-refractivity contribution in [3.8, 4) is 0 Å². The monoisotopic (exact) mass is 269 g/mol. The first kappa shape index (κ1) is 12.9. The number of benzene rings is 1. The van der Waals surface area contributed by atoms with Gasteiger partial charge in [0.25, 0.3) is 0 Å². The number of halogens is 2. The van der Waals surface area contributed by atoms with Crippen LogP contribution in [0.3, 0.4) is 0 Å². The van der Waals surface area contributed by atoms with Crippen LogP contribution < -0.4 is 11.3 Å². The lowest BCUT2D eigenvalue weighted by molar-refractivity contribution is 0.522. The molecule has 0 amide bonds. The van der Waals surface area contributed by atoms with Crippen LogP contribution in [0.25, 0.3) is 0 Å². The van der Waals surface area contributed by atoms with E-state index in [4.69, 9.17) is 17.4 Å². The molecule has 7 heteroatoms. The van der Waals surface area contributed by atoms with Crippen LogP contribution in [0.4, 0.5) is 4.39 Å². The number of rotatable bonds is 4. The van der Waals surface area contributed by atoms with Crippen molar-refractivity contribution in [3.63, 3.8) is 0 Å². The van der Waals surface area contributed by atoms with Crippen molar-refractivity contribution in [2.75, 3.05) is 0 Å². The van der Waals surface area contributed by atoms with E-state index in [1.807, 2.05) is 0 Å². The predicted octanol–water partition coefficient (Wildman–Crippen LogP) is 1.35. The SMILES string of the molecule is Cn1ncnc1CC(NN)c1ccc(F)c(Cl)c1. The van der Waals surface area contributed by atoms with Crippen molar-refractivity contribution in [2.24, 2.45) is 12.9 Å². The highest BCUT2D eigenvalue weighted by atomic mass is 35.5. The minimum absolute atomic E-state index is 0.0747. The number of aryl methyl sites for hydroxylation is 1. The third-order valence-corrected chi connectivity index (χ3v) is 3.03. The van der Waals surface area contributed by atoms with Crippen LogP contribution >= 0.6 is 11.6 Å². The van der Waals surface area contributed by atoms with Gasteiger partial charge in [0, 0.05) is 13.5 Å². The zero-order chi connectivity index (χ0) is 13.1. The van der Waals surface area contributed by atoms with Gasteiger partial charge in [-0.05, 0) is 17.7 Å². The fourth-order valence-electron chi connectivity index (χ4n) is 1.69. The zero-order valence-corrected chi connectivity index (χ0v) is 10.5. The molecule has 0 aliphatic carbocycles. The molecule has 0 saturated carbocycles. The van der Waals surface area contributed by atoms with E-state index in [0.717, 1.165) is 11.4 Å². The van der Waals surface area contributed by atoms with E-state index in [-0.39, 0.29) is 11.1 Å². The van der Waals surface area contributed by atoms with Crippen LogP contribution in [0.1, 0.15) is 17.4 Å². The lowest BCUT2D eigenvalue weighted by Crippen LogP contribution is -2.30. The van der Waals surface area contributed by atoms with Gasteiger partial charge in [0.05, 0.1) is 11.1 Å². The number of nitrogens with zero attached hydrogens (tertiary/aromatic N) is 3. The normalized spacial score (nSPS) is 12.7. The highest BCUT2D eigenvalue weighted by molar-refractivity contribution is 6.30. The Morgan fingerprint density at radius 2 is 2.33 bits per heavy atom. The minimum atomic E-state index is -0.449. The van der Waals surface area contributed by atoms with E-state index >= 15 is 0 Å². The van der Waals surface area contributed by atoms with E-state index in [9.17, 15) is 4.39 Å². The molecule has 0 aliphatic heterocycles. The zero-order valence-electron chi connectivity index (χ0n) is 9.77. The van der Waals surface area contributed by atoms with E-state index < -0.39 is 5.82 Å². The molecule has 18 heavy (non-hydrogen) atoms. The largest absolute Gasteiger partial charge is 0.271 e. The van der Waals surface area contributed by atoms with Crippen molar-refractivity contribution in [1.82, 2.24) is 20.2 Å². The molecule has 3 N–H and O–H groups in total. The van der Waals surface area contributed by atoms with Gasteiger partial charge < -0.3 is 0 Å². The average molecular weight is 270 g/mol. The van der Waals surface area contributed by atoms with Crippen LogP contribution in [0.15, 0.2) is 24.5 Å². The van der Waals surface area contributed by atoms with Gasteiger partial charge in [-0.3, -0.25) is 16.0 Å². The molecule has 0 spiro atoms. The summed E-state index contributed by atoms with van der Waals surface area (Å²) in [6.07, 6.45) is 2.01.